The van der Waals surface area contributed by atoms with Crippen molar-refractivity contribution in [1.82, 2.24) is 10.2 Å². The third-order valence-electron chi connectivity index (χ3n) is 5.76. The molecule has 0 saturated carbocycles. The Morgan fingerprint density at radius 2 is 1.90 bits per heavy atom. The van der Waals surface area contributed by atoms with E-state index in [1.165, 1.54) is 0 Å². The predicted octanol–water partition coefficient (Wildman–Crippen LogP) is 5.09. The van der Waals surface area contributed by atoms with Crippen LogP contribution in [0.25, 0.3) is 10.8 Å². The highest BCUT2D eigenvalue weighted by Gasteiger charge is 2.31. The van der Waals surface area contributed by atoms with Crippen LogP contribution in [0.3, 0.4) is 0 Å². The van der Waals surface area contributed by atoms with Crippen LogP contribution >= 0.6 is 15.9 Å². The van der Waals surface area contributed by atoms with Gasteiger partial charge in [0.1, 0.15) is 5.75 Å². The van der Waals surface area contributed by atoms with Crippen molar-refractivity contribution in [3.8, 4) is 5.75 Å². The van der Waals surface area contributed by atoms with E-state index in [1.807, 2.05) is 65.6 Å². The molecule has 160 valence electrons. The standard InChI is InChI=1S/C25H25BrN2O3/c1-31-23-11-10-20(26)16-21(23)22-7-4-14-28(22)24(29)12-13-27-25(30)19-9-8-17-5-2-3-6-18(17)15-19/h2-3,5-6,8-11,15-16,22H,4,7,12-14H2,1H3,(H,27,30)/t22-/m0/s1. The van der Waals surface area contributed by atoms with Crippen LogP contribution in [0.2, 0.25) is 0 Å². The highest BCUT2D eigenvalue weighted by atomic mass is 79.9. The predicted molar refractivity (Wildman–Crippen MR) is 125 cm³/mol. The number of ether oxygens (including phenoxy) is 1. The Hall–Kier alpha value is -2.86. The zero-order chi connectivity index (χ0) is 21.8. The molecule has 1 saturated heterocycles. The Morgan fingerprint density at radius 3 is 2.71 bits per heavy atom. The van der Waals surface area contributed by atoms with Crippen LogP contribution in [0.5, 0.6) is 5.75 Å². The number of nitrogens with one attached hydrogen (secondary N) is 1. The number of fused-ring (bicyclic) bond motifs is 1. The van der Waals surface area contributed by atoms with Gasteiger partial charge in [0.15, 0.2) is 0 Å². The van der Waals surface area contributed by atoms with Gasteiger partial charge in [0, 0.05) is 35.1 Å². The second-order valence-electron chi connectivity index (χ2n) is 7.70. The molecule has 3 aromatic carbocycles. The first-order valence-corrected chi connectivity index (χ1v) is 11.3. The summed E-state index contributed by atoms with van der Waals surface area (Å²) in [5, 5.41) is 5.00. The molecule has 0 bridgehead atoms. The summed E-state index contributed by atoms with van der Waals surface area (Å²) >= 11 is 3.52. The van der Waals surface area contributed by atoms with Gasteiger partial charge >= 0.3 is 0 Å². The van der Waals surface area contributed by atoms with Gasteiger partial charge < -0.3 is 15.0 Å². The summed E-state index contributed by atoms with van der Waals surface area (Å²) in [6, 6.07) is 19.4. The minimum Gasteiger partial charge on any atom is -0.496 e. The lowest BCUT2D eigenvalue weighted by molar-refractivity contribution is -0.132. The molecule has 3 aromatic rings. The van der Waals surface area contributed by atoms with Gasteiger partial charge in [-0.3, -0.25) is 9.59 Å². The van der Waals surface area contributed by atoms with Crippen molar-refractivity contribution in [3.63, 3.8) is 0 Å². The van der Waals surface area contributed by atoms with Crippen LogP contribution in [0, 0.1) is 0 Å². The van der Waals surface area contributed by atoms with Crippen molar-refractivity contribution in [1.29, 1.82) is 0 Å². The maximum Gasteiger partial charge on any atom is 0.251 e. The van der Waals surface area contributed by atoms with Crippen LogP contribution in [-0.2, 0) is 4.79 Å². The fourth-order valence-electron chi connectivity index (χ4n) is 4.21. The topological polar surface area (TPSA) is 58.6 Å². The van der Waals surface area contributed by atoms with Crippen molar-refractivity contribution < 1.29 is 14.3 Å². The Morgan fingerprint density at radius 1 is 1.10 bits per heavy atom. The van der Waals surface area contributed by atoms with Gasteiger partial charge in [-0.25, -0.2) is 0 Å². The van der Waals surface area contributed by atoms with Gasteiger partial charge in [-0.1, -0.05) is 46.3 Å². The largest absolute Gasteiger partial charge is 0.496 e. The van der Waals surface area contributed by atoms with E-state index >= 15 is 0 Å². The number of hydrogen-bond acceptors (Lipinski definition) is 3. The number of amides is 2. The van der Waals surface area contributed by atoms with Gasteiger partial charge in [0.25, 0.3) is 5.91 Å². The lowest BCUT2D eigenvalue weighted by Crippen LogP contribution is -2.34. The molecular weight excluding hydrogens is 456 g/mol. The van der Waals surface area contributed by atoms with E-state index in [1.54, 1.807) is 7.11 Å². The molecule has 1 N–H and O–H groups in total. The maximum atomic E-state index is 12.9. The Bertz CT molecular complexity index is 1110. The molecule has 4 rings (SSSR count). The van der Waals surface area contributed by atoms with Gasteiger partial charge in [0.05, 0.1) is 13.2 Å². The van der Waals surface area contributed by atoms with Crippen LogP contribution in [0.1, 0.15) is 41.2 Å². The van der Waals surface area contributed by atoms with Crippen molar-refractivity contribution >= 4 is 38.5 Å². The molecule has 5 nitrogen and oxygen atoms in total. The van der Waals surface area contributed by atoms with E-state index in [0.717, 1.165) is 45.9 Å². The zero-order valence-electron chi connectivity index (χ0n) is 17.4. The number of rotatable bonds is 6. The van der Waals surface area contributed by atoms with Crippen LogP contribution < -0.4 is 10.1 Å². The summed E-state index contributed by atoms with van der Waals surface area (Å²) in [6.45, 7) is 1.03. The molecule has 2 amide bonds. The van der Waals surface area contributed by atoms with E-state index in [-0.39, 0.29) is 24.3 Å². The van der Waals surface area contributed by atoms with E-state index in [0.29, 0.717) is 12.1 Å². The van der Waals surface area contributed by atoms with Crippen molar-refractivity contribution in [2.45, 2.75) is 25.3 Å². The highest BCUT2D eigenvalue weighted by Crippen LogP contribution is 2.38. The number of carbonyl (C=O) groups is 2. The first kappa shape index (κ1) is 21.4. The van der Waals surface area contributed by atoms with Crippen molar-refractivity contribution in [3.05, 3.63) is 76.3 Å². The molecule has 0 aliphatic carbocycles. The second kappa shape index (κ2) is 9.52. The normalized spacial score (nSPS) is 15.8. The van der Waals surface area contributed by atoms with E-state index in [4.69, 9.17) is 4.74 Å². The maximum absolute atomic E-state index is 12.9. The summed E-state index contributed by atoms with van der Waals surface area (Å²) in [4.78, 5) is 27.4. The number of likely N-dealkylation sites (tertiary alicyclic amines) is 1. The average Bonchev–Trinajstić information content (AvgIpc) is 3.28. The third kappa shape index (κ3) is 4.74. The lowest BCUT2D eigenvalue weighted by atomic mass is 10.0. The zero-order valence-corrected chi connectivity index (χ0v) is 19.0. The molecule has 1 aliphatic heterocycles. The molecule has 1 aliphatic rings. The summed E-state index contributed by atoms with van der Waals surface area (Å²) in [7, 11) is 1.65. The molecule has 1 atom stereocenters. The van der Waals surface area contributed by atoms with Gasteiger partial charge in [-0.05, 0) is 53.9 Å². The first-order valence-electron chi connectivity index (χ1n) is 10.5. The number of carbonyl (C=O) groups excluding carboxylic acids is 2. The van der Waals surface area contributed by atoms with Crippen molar-refractivity contribution in [2.24, 2.45) is 0 Å². The van der Waals surface area contributed by atoms with E-state index in [2.05, 4.69) is 21.2 Å². The lowest BCUT2D eigenvalue weighted by Gasteiger charge is -2.26. The molecule has 0 radical (unpaired) electrons. The number of methoxy groups -OCH3 is 1. The molecule has 0 aromatic heterocycles. The van der Waals surface area contributed by atoms with Gasteiger partial charge in [-0.2, -0.15) is 0 Å². The monoisotopic (exact) mass is 480 g/mol. The van der Waals surface area contributed by atoms with Crippen LogP contribution in [-0.4, -0.2) is 36.9 Å². The fourth-order valence-corrected chi connectivity index (χ4v) is 4.59. The van der Waals surface area contributed by atoms with Crippen molar-refractivity contribution in [2.75, 3.05) is 20.2 Å². The summed E-state index contributed by atoms with van der Waals surface area (Å²) < 4.78 is 6.48. The quantitative estimate of drug-likeness (QED) is 0.534. The van der Waals surface area contributed by atoms with E-state index < -0.39 is 0 Å². The summed E-state index contributed by atoms with van der Waals surface area (Å²) in [5.74, 6) is 0.672. The molecule has 31 heavy (non-hydrogen) atoms. The van der Waals surface area contributed by atoms with Gasteiger partial charge in [-0.15, -0.1) is 0 Å². The average molecular weight is 481 g/mol. The Labute approximate surface area is 190 Å². The SMILES string of the molecule is COc1ccc(Br)cc1[C@@H]1CCCN1C(=O)CCNC(=O)c1ccc2ccccc2c1. The highest BCUT2D eigenvalue weighted by molar-refractivity contribution is 9.10. The number of benzene rings is 3. The minimum atomic E-state index is -0.162. The number of nitrogens with zero attached hydrogens (tertiary/aromatic N) is 1. The third-order valence-corrected chi connectivity index (χ3v) is 6.25. The van der Waals surface area contributed by atoms with Crippen LogP contribution in [0.4, 0.5) is 0 Å². The molecule has 0 unspecified atom stereocenters. The number of halogens is 1. The van der Waals surface area contributed by atoms with Gasteiger partial charge in [0.2, 0.25) is 5.91 Å². The second-order valence-corrected chi connectivity index (χ2v) is 8.61. The smallest absolute Gasteiger partial charge is 0.251 e. The molecular formula is C25H25BrN2O3. The first-order chi connectivity index (χ1) is 15.1. The fraction of sp³-hybridized carbons (Fsp3) is 0.280. The minimum absolute atomic E-state index is 0.00357. The Kier molecular flexibility index (Phi) is 6.56. The molecule has 0 spiro atoms. The molecule has 6 heteroatoms. The summed E-state index contributed by atoms with van der Waals surface area (Å²) in [6.07, 6.45) is 2.13. The Balaban J connectivity index is 1.37. The molecule has 1 heterocycles. The van der Waals surface area contributed by atoms with Crippen LogP contribution in [0.15, 0.2) is 65.1 Å². The van der Waals surface area contributed by atoms with E-state index in [9.17, 15) is 9.59 Å². The molecule has 1 fully saturated rings. The summed E-state index contributed by atoms with van der Waals surface area (Å²) in [5.41, 5.74) is 1.62. The number of hydrogen-bond donors (Lipinski definition) is 1.